The molecule has 0 aliphatic carbocycles. The highest BCUT2D eigenvalue weighted by Gasteiger charge is 2.20. The fourth-order valence-corrected chi connectivity index (χ4v) is 2.34. The molecular weight excluding hydrogens is 276 g/mol. The van der Waals surface area contributed by atoms with Crippen LogP contribution in [0.5, 0.6) is 0 Å². The van der Waals surface area contributed by atoms with Crippen LogP contribution in [-0.2, 0) is 16.0 Å². The summed E-state index contributed by atoms with van der Waals surface area (Å²) in [4.78, 5) is 52.5. The van der Waals surface area contributed by atoms with Gasteiger partial charge in [-0.1, -0.05) is 0 Å². The van der Waals surface area contributed by atoms with Crippen molar-refractivity contribution in [2.24, 2.45) is 0 Å². The van der Waals surface area contributed by atoms with Gasteiger partial charge in [-0.3, -0.25) is 19.4 Å². The second-order valence-corrected chi connectivity index (χ2v) is 5.03. The van der Waals surface area contributed by atoms with Gasteiger partial charge in [0.1, 0.15) is 0 Å². The number of amides is 2. The summed E-state index contributed by atoms with van der Waals surface area (Å²) in [6.07, 6.45) is 1.08. The van der Waals surface area contributed by atoms with Crippen molar-refractivity contribution in [3.63, 3.8) is 0 Å². The van der Waals surface area contributed by atoms with Crippen molar-refractivity contribution in [3.8, 4) is 0 Å². The van der Waals surface area contributed by atoms with Crippen LogP contribution < -0.4 is 16.6 Å². The molecule has 0 atom stereocenters. The van der Waals surface area contributed by atoms with E-state index in [1.807, 2.05) is 0 Å². The molecule has 8 nitrogen and oxygen atoms in total. The number of aromatic amines is 2. The van der Waals surface area contributed by atoms with Gasteiger partial charge >= 0.3 is 5.69 Å². The predicted octanol–water partition coefficient (Wildman–Crippen LogP) is -1.35. The third-order valence-electron chi connectivity index (χ3n) is 3.46. The molecule has 3 N–H and O–H groups in total. The second-order valence-electron chi connectivity index (χ2n) is 5.03. The molecule has 0 bridgehead atoms. The Kier molecular flexibility index (Phi) is 4.56. The Morgan fingerprint density at radius 2 is 2.00 bits per heavy atom. The van der Waals surface area contributed by atoms with Gasteiger partial charge in [0, 0.05) is 30.8 Å². The summed E-state index contributed by atoms with van der Waals surface area (Å²) in [6.45, 7) is 2.77. The molecule has 1 fully saturated rings. The first-order valence-electron chi connectivity index (χ1n) is 6.84. The summed E-state index contributed by atoms with van der Waals surface area (Å²) in [5.74, 6) is -0.337. The molecule has 0 radical (unpaired) electrons. The Labute approximate surface area is 120 Å². The van der Waals surface area contributed by atoms with E-state index in [0.29, 0.717) is 24.3 Å². The van der Waals surface area contributed by atoms with Crippen molar-refractivity contribution in [2.75, 3.05) is 19.6 Å². The number of aryl methyl sites for hydroxylation is 1. The van der Waals surface area contributed by atoms with Gasteiger partial charge in [0.25, 0.3) is 5.56 Å². The fraction of sp³-hybridized carbons (Fsp3) is 0.538. The minimum absolute atomic E-state index is 0.0554. The average molecular weight is 294 g/mol. The Hall–Kier alpha value is -2.38. The summed E-state index contributed by atoms with van der Waals surface area (Å²) in [5, 5.41) is 2.70. The van der Waals surface area contributed by atoms with Gasteiger partial charge in [0.15, 0.2) is 0 Å². The monoisotopic (exact) mass is 294 g/mol. The van der Waals surface area contributed by atoms with E-state index in [9.17, 15) is 19.2 Å². The maximum absolute atomic E-state index is 12.1. The lowest BCUT2D eigenvalue weighted by Gasteiger charge is -2.18. The highest BCUT2D eigenvalue weighted by molar-refractivity contribution is 5.85. The Bertz CT molecular complexity index is 661. The summed E-state index contributed by atoms with van der Waals surface area (Å²) < 4.78 is 0. The smallest absolute Gasteiger partial charge is 0.325 e. The van der Waals surface area contributed by atoms with E-state index in [0.717, 1.165) is 6.42 Å². The van der Waals surface area contributed by atoms with Gasteiger partial charge in [0.05, 0.1) is 6.54 Å². The van der Waals surface area contributed by atoms with Gasteiger partial charge < -0.3 is 15.2 Å². The largest absolute Gasteiger partial charge is 0.354 e. The molecular formula is C13H18N4O4. The molecule has 21 heavy (non-hydrogen) atoms. The first-order valence-corrected chi connectivity index (χ1v) is 6.84. The molecule has 0 spiro atoms. The minimum Gasteiger partial charge on any atom is -0.354 e. The molecule has 2 amide bonds. The average Bonchev–Trinajstić information content (AvgIpc) is 2.62. The van der Waals surface area contributed by atoms with Crippen LogP contribution in [0.2, 0.25) is 0 Å². The van der Waals surface area contributed by atoms with Crippen LogP contribution >= 0.6 is 0 Å². The van der Waals surface area contributed by atoms with Crippen LogP contribution in [0.25, 0.3) is 0 Å². The highest BCUT2D eigenvalue weighted by atomic mass is 16.2. The Morgan fingerprint density at radius 1 is 1.24 bits per heavy atom. The van der Waals surface area contributed by atoms with E-state index in [-0.39, 0.29) is 31.2 Å². The molecule has 114 valence electrons. The van der Waals surface area contributed by atoms with E-state index in [2.05, 4.69) is 15.3 Å². The lowest BCUT2D eigenvalue weighted by molar-refractivity contribution is -0.135. The first kappa shape index (κ1) is 15.0. The van der Waals surface area contributed by atoms with Crippen molar-refractivity contribution >= 4 is 11.8 Å². The van der Waals surface area contributed by atoms with Crippen molar-refractivity contribution in [3.05, 3.63) is 32.1 Å². The fourth-order valence-electron chi connectivity index (χ4n) is 2.34. The summed E-state index contributed by atoms with van der Waals surface area (Å²) >= 11 is 0. The number of H-pyrrole nitrogens is 2. The van der Waals surface area contributed by atoms with Crippen molar-refractivity contribution in [1.82, 2.24) is 20.2 Å². The van der Waals surface area contributed by atoms with Crippen molar-refractivity contribution in [2.45, 2.75) is 26.2 Å². The number of hydrogen-bond acceptors (Lipinski definition) is 4. The van der Waals surface area contributed by atoms with E-state index in [1.54, 1.807) is 6.92 Å². The zero-order chi connectivity index (χ0) is 15.4. The number of nitrogens with zero attached hydrogens (tertiary/aromatic N) is 1. The van der Waals surface area contributed by atoms with Crippen LogP contribution in [0, 0.1) is 6.92 Å². The topological polar surface area (TPSA) is 115 Å². The molecule has 1 aliphatic rings. The summed E-state index contributed by atoms with van der Waals surface area (Å²) in [6, 6.07) is 0. The molecule has 0 unspecified atom stereocenters. The lowest BCUT2D eigenvalue weighted by atomic mass is 10.1. The van der Waals surface area contributed by atoms with E-state index < -0.39 is 11.2 Å². The van der Waals surface area contributed by atoms with Crippen molar-refractivity contribution in [1.29, 1.82) is 0 Å². The van der Waals surface area contributed by atoms with Crippen LogP contribution in [0.15, 0.2) is 9.59 Å². The molecule has 0 aromatic carbocycles. The molecule has 1 aromatic heterocycles. The first-order chi connectivity index (χ1) is 9.97. The van der Waals surface area contributed by atoms with Crippen LogP contribution in [0.4, 0.5) is 0 Å². The number of carbonyl (C=O) groups is 2. The maximum Gasteiger partial charge on any atom is 0.325 e. The summed E-state index contributed by atoms with van der Waals surface area (Å²) in [5.41, 5.74) is -0.179. The zero-order valence-electron chi connectivity index (χ0n) is 11.8. The third kappa shape index (κ3) is 3.80. The number of nitrogens with one attached hydrogen (secondary N) is 3. The second kappa shape index (κ2) is 6.38. The number of hydrogen-bond donors (Lipinski definition) is 3. The normalized spacial score (nSPS) is 15.5. The van der Waals surface area contributed by atoms with Gasteiger partial charge in [-0.25, -0.2) is 4.79 Å². The lowest BCUT2D eigenvalue weighted by Crippen LogP contribution is -2.37. The predicted molar refractivity (Wildman–Crippen MR) is 74.9 cm³/mol. The minimum atomic E-state index is -0.559. The molecule has 2 heterocycles. The van der Waals surface area contributed by atoms with Gasteiger partial charge in [-0.05, 0) is 19.8 Å². The van der Waals surface area contributed by atoms with Crippen LogP contribution in [-0.4, -0.2) is 46.3 Å². The van der Waals surface area contributed by atoms with Gasteiger partial charge in [-0.2, -0.15) is 0 Å². The maximum atomic E-state index is 12.1. The SMILES string of the molecule is Cc1[nH]c(=O)[nH]c(=O)c1CCC(=O)N1CCCNC(=O)C1. The van der Waals surface area contributed by atoms with Crippen molar-refractivity contribution < 1.29 is 9.59 Å². The zero-order valence-corrected chi connectivity index (χ0v) is 11.8. The third-order valence-corrected chi connectivity index (χ3v) is 3.46. The molecule has 1 aromatic rings. The van der Waals surface area contributed by atoms with E-state index in [1.165, 1.54) is 4.90 Å². The van der Waals surface area contributed by atoms with Crippen LogP contribution in [0.1, 0.15) is 24.1 Å². The Morgan fingerprint density at radius 3 is 2.71 bits per heavy atom. The molecule has 2 rings (SSSR count). The number of rotatable bonds is 3. The summed E-state index contributed by atoms with van der Waals surface area (Å²) in [7, 11) is 0. The van der Waals surface area contributed by atoms with E-state index >= 15 is 0 Å². The number of aromatic nitrogens is 2. The van der Waals surface area contributed by atoms with Gasteiger partial charge in [0.2, 0.25) is 11.8 Å². The molecule has 1 aliphatic heterocycles. The molecule has 8 heteroatoms. The quantitative estimate of drug-likeness (QED) is 0.639. The Balaban J connectivity index is 2.02. The van der Waals surface area contributed by atoms with Crippen LogP contribution in [0.3, 0.4) is 0 Å². The standard InChI is InChI=1S/C13H18N4O4/c1-8-9(12(20)16-13(21)15-8)3-4-11(19)17-6-2-5-14-10(18)7-17/h2-7H2,1H3,(H,14,18)(H2,15,16,20,21). The molecule has 0 saturated carbocycles. The number of carbonyl (C=O) groups excluding carboxylic acids is 2. The molecule has 1 saturated heterocycles. The highest BCUT2D eigenvalue weighted by Crippen LogP contribution is 2.05. The van der Waals surface area contributed by atoms with Gasteiger partial charge in [-0.15, -0.1) is 0 Å². The van der Waals surface area contributed by atoms with E-state index in [4.69, 9.17) is 0 Å².